The number of nitrogens with zero attached hydrogens (tertiary/aromatic N) is 2. The smallest absolute Gasteiger partial charge is 0.404 e. The largest absolute Gasteiger partial charge is 0.450 e. The molecule has 1 aromatic heterocycles. The number of nitrogens with two attached hydrogens (primary N) is 1. The number of ketones is 1. The van der Waals surface area contributed by atoms with Crippen LogP contribution in [0, 0.1) is 0 Å². The molecule has 0 fully saturated rings. The van der Waals surface area contributed by atoms with Crippen molar-refractivity contribution in [2.24, 2.45) is 5.73 Å². The Balaban J connectivity index is 2.39. The number of Topliss-reactive ketones (excluding diaryl/α,β-unsaturated/α-hetero) is 1. The lowest BCUT2D eigenvalue weighted by Crippen LogP contribution is -2.15. The Hall–Kier alpha value is -1.70. The van der Waals surface area contributed by atoms with Crippen molar-refractivity contribution in [3.63, 3.8) is 0 Å². The van der Waals surface area contributed by atoms with Gasteiger partial charge < -0.3 is 15.0 Å². The van der Waals surface area contributed by atoms with Crippen LogP contribution in [0.3, 0.4) is 0 Å². The van der Waals surface area contributed by atoms with Gasteiger partial charge in [-0.1, -0.05) is 48.8 Å². The molecule has 0 spiro atoms. The molecule has 1 aromatic carbocycles. The van der Waals surface area contributed by atoms with Crippen LogP contribution >= 0.6 is 35.0 Å². The minimum Gasteiger partial charge on any atom is -0.450 e. The lowest BCUT2D eigenvalue weighted by molar-refractivity contribution is -0.117. The number of carbonyl (C=O) groups is 2. The highest BCUT2D eigenvalue weighted by Gasteiger charge is 2.21. The van der Waals surface area contributed by atoms with E-state index in [2.05, 4.69) is 13.8 Å². The number of imidazole rings is 1. The summed E-state index contributed by atoms with van der Waals surface area (Å²) in [5.41, 5.74) is 5.89. The van der Waals surface area contributed by atoms with Crippen molar-refractivity contribution in [2.75, 3.05) is 6.61 Å². The molecular weight excluding hydrogens is 421 g/mol. The van der Waals surface area contributed by atoms with Gasteiger partial charge in [-0.3, -0.25) is 4.79 Å². The predicted octanol–water partition coefficient (Wildman–Crippen LogP) is 5.08. The molecule has 2 N–H and O–H groups in total. The molecule has 0 saturated carbocycles. The van der Waals surface area contributed by atoms with Gasteiger partial charge in [0.05, 0.1) is 18.8 Å². The van der Waals surface area contributed by atoms with Crippen LogP contribution in [0.4, 0.5) is 4.79 Å². The van der Waals surface area contributed by atoms with Gasteiger partial charge in [0.1, 0.15) is 16.6 Å². The molecule has 2 rings (SSSR count). The molecule has 28 heavy (non-hydrogen) atoms. The van der Waals surface area contributed by atoms with Gasteiger partial charge in [0.25, 0.3) is 0 Å². The van der Waals surface area contributed by atoms with E-state index in [1.807, 2.05) is 16.7 Å². The quantitative estimate of drug-likeness (QED) is 0.545. The topological polar surface area (TPSA) is 87.2 Å². The van der Waals surface area contributed by atoms with Crippen molar-refractivity contribution in [1.82, 2.24) is 9.55 Å². The predicted molar refractivity (Wildman–Crippen MR) is 111 cm³/mol. The van der Waals surface area contributed by atoms with Gasteiger partial charge in [-0.15, -0.1) is 0 Å². The van der Waals surface area contributed by atoms with Crippen LogP contribution in [0.15, 0.2) is 28.1 Å². The third kappa shape index (κ3) is 6.43. The molecule has 1 amide bonds. The zero-order valence-electron chi connectivity index (χ0n) is 16.0. The van der Waals surface area contributed by atoms with Crippen molar-refractivity contribution in [1.29, 1.82) is 0 Å². The zero-order valence-corrected chi connectivity index (χ0v) is 18.3. The number of aromatic nitrogens is 2. The van der Waals surface area contributed by atoms with E-state index in [1.54, 1.807) is 13.0 Å². The Morgan fingerprint density at radius 3 is 2.43 bits per heavy atom. The number of ether oxygens (including phenoxy) is 1. The number of halogens is 2. The standard InChI is InChI=1S/C19H23Cl2N3O3S/c1-11(2)17-18(28-15-8-13(20)7-14(21)9-15)24(10-12(3)25)16(23-17)5-4-6-27-19(22)26/h7-9,11H,4-6,10H2,1-3H3,(H2,22,26). The third-order valence-electron chi connectivity index (χ3n) is 3.79. The molecule has 0 bridgehead atoms. The Morgan fingerprint density at radius 1 is 1.25 bits per heavy atom. The van der Waals surface area contributed by atoms with Gasteiger partial charge >= 0.3 is 6.09 Å². The zero-order chi connectivity index (χ0) is 20.8. The second-order valence-corrected chi connectivity index (χ2v) is 8.57. The first-order valence-corrected chi connectivity index (χ1v) is 10.4. The summed E-state index contributed by atoms with van der Waals surface area (Å²) in [5, 5.41) is 1.97. The summed E-state index contributed by atoms with van der Waals surface area (Å²) >= 11 is 13.7. The van der Waals surface area contributed by atoms with Crippen molar-refractivity contribution in [2.45, 2.75) is 56.0 Å². The van der Waals surface area contributed by atoms with Gasteiger partial charge in [-0.2, -0.15) is 0 Å². The maximum Gasteiger partial charge on any atom is 0.404 e. The molecule has 152 valence electrons. The van der Waals surface area contributed by atoms with Crippen LogP contribution in [0.2, 0.25) is 10.0 Å². The number of carbonyl (C=O) groups excluding carboxylic acids is 2. The van der Waals surface area contributed by atoms with Crippen LogP contribution in [0.1, 0.15) is 44.6 Å². The van der Waals surface area contributed by atoms with Gasteiger partial charge in [-0.25, -0.2) is 9.78 Å². The Bertz CT molecular complexity index is 848. The average molecular weight is 444 g/mol. The summed E-state index contributed by atoms with van der Waals surface area (Å²) in [7, 11) is 0. The molecule has 0 atom stereocenters. The minimum atomic E-state index is -0.802. The molecule has 0 unspecified atom stereocenters. The average Bonchev–Trinajstić information content (AvgIpc) is 2.88. The van der Waals surface area contributed by atoms with Gasteiger partial charge in [0.2, 0.25) is 0 Å². The Morgan fingerprint density at radius 2 is 1.89 bits per heavy atom. The second kappa shape index (κ2) is 10.2. The van der Waals surface area contributed by atoms with Crippen LogP contribution in [0.5, 0.6) is 0 Å². The lowest BCUT2D eigenvalue weighted by atomic mass is 10.1. The van der Waals surface area contributed by atoms with Crippen LogP contribution in [0.25, 0.3) is 0 Å². The van der Waals surface area contributed by atoms with E-state index < -0.39 is 6.09 Å². The number of hydrogen-bond donors (Lipinski definition) is 1. The fraction of sp³-hybridized carbons (Fsp3) is 0.421. The SMILES string of the molecule is CC(=O)Cn1c(CCCOC(N)=O)nc(C(C)C)c1Sc1cc(Cl)cc(Cl)c1. The summed E-state index contributed by atoms with van der Waals surface area (Å²) in [6, 6.07) is 5.33. The first kappa shape index (κ1) is 22.6. The second-order valence-electron chi connectivity index (χ2n) is 6.64. The summed E-state index contributed by atoms with van der Waals surface area (Å²) in [4.78, 5) is 28.3. The van der Waals surface area contributed by atoms with Crippen LogP contribution in [-0.2, 0) is 22.5 Å². The maximum atomic E-state index is 11.9. The number of rotatable bonds is 9. The number of amides is 1. The van der Waals surface area contributed by atoms with Crippen LogP contribution in [-0.4, -0.2) is 28.0 Å². The normalized spacial score (nSPS) is 11.1. The van der Waals surface area contributed by atoms with E-state index in [-0.39, 0.29) is 24.9 Å². The van der Waals surface area contributed by atoms with E-state index in [9.17, 15) is 9.59 Å². The summed E-state index contributed by atoms with van der Waals surface area (Å²) in [6.45, 7) is 6.05. The van der Waals surface area contributed by atoms with E-state index in [0.29, 0.717) is 22.9 Å². The molecule has 0 aliphatic rings. The van der Waals surface area contributed by atoms with Crippen molar-refractivity contribution >= 4 is 46.8 Å². The maximum absolute atomic E-state index is 11.9. The minimum absolute atomic E-state index is 0.0216. The Kier molecular flexibility index (Phi) is 8.22. The van der Waals surface area contributed by atoms with Crippen molar-refractivity contribution in [3.05, 3.63) is 39.8 Å². The van der Waals surface area contributed by atoms with E-state index in [0.717, 1.165) is 21.4 Å². The number of primary amides is 1. The molecule has 0 aliphatic heterocycles. The van der Waals surface area contributed by atoms with E-state index in [1.165, 1.54) is 11.8 Å². The summed E-state index contributed by atoms with van der Waals surface area (Å²) in [5.74, 6) is 0.946. The van der Waals surface area contributed by atoms with E-state index in [4.69, 9.17) is 38.7 Å². The third-order valence-corrected chi connectivity index (χ3v) is 5.32. The first-order valence-electron chi connectivity index (χ1n) is 8.82. The molecule has 2 aromatic rings. The van der Waals surface area contributed by atoms with Crippen molar-refractivity contribution < 1.29 is 14.3 Å². The molecule has 0 radical (unpaired) electrons. The first-order chi connectivity index (χ1) is 13.2. The van der Waals surface area contributed by atoms with Crippen molar-refractivity contribution in [3.8, 4) is 0 Å². The lowest BCUT2D eigenvalue weighted by Gasteiger charge is -2.12. The monoisotopic (exact) mass is 443 g/mol. The molecule has 6 nitrogen and oxygen atoms in total. The number of benzene rings is 1. The molecule has 9 heteroatoms. The molecular formula is C19H23Cl2N3O3S. The highest BCUT2D eigenvalue weighted by Crippen LogP contribution is 2.37. The summed E-state index contributed by atoms with van der Waals surface area (Å²) < 4.78 is 6.71. The fourth-order valence-corrected chi connectivity index (χ4v) is 4.58. The van der Waals surface area contributed by atoms with Gasteiger partial charge in [-0.05, 0) is 37.5 Å². The number of hydrogen-bond acceptors (Lipinski definition) is 5. The van der Waals surface area contributed by atoms with Crippen LogP contribution < -0.4 is 5.73 Å². The molecule has 0 saturated heterocycles. The Labute approximate surface area is 178 Å². The number of aryl methyl sites for hydroxylation is 1. The van der Waals surface area contributed by atoms with Gasteiger partial charge in [0, 0.05) is 21.4 Å². The summed E-state index contributed by atoms with van der Waals surface area (Å²) in [6.07, 6.45) is 0.309. The molecule has 0 aliphatic carbocycles. The molecule has 1 heterocycles. The fourth-order valence-electron chi connectivity index (χ4n) is 2.66. The highest BCUT2D eigenvalue weighted by atomic mass is 35.5. The van der Waals surface area contributed by atoms with E-state index >= 15 is 0 Å². The highest BCUT2D eigenvalue weighted by molar-refractivity contribution is 7.99. The van der Waals surface area contributed by atoms with Gasteiger partial charge in [0.15, 0.2) is 0 Å².